The normalized spacial score (nSPS) is 16.1. The molecule has 32 heavy (non-hydrogen) atoms. The quantitative estimate of drug-likeness (QED) is 0.185. The van der Waals surface area contributed by atoms with Crippen LogP contribution < -0.4 is 13.7 Å². The van der Waals surface area contributed by atoms with E-state index < -0.39 is 33.7 Å². The summed E-state index contributed by atoms with van der Waals surface area (Å²) >= 11 is -1.72. The Morgan fingerprint density at radius 1 is 0.812 bits per heavy atom. The van der Waals surface area contributed by atoms with Crippen molar-refractivity contribution in [3.05, 3.63) is 91.7 Å². The zero-order valence-electron chi connectivity index (χ0n) is 17.6. The molecule has 0 fully saturated rings. The molecule has 2 aliphatic rings. The molecule has 6 heteroatoms. The predicted molar refractivity (Wildman–Crippen MR) is 136 cm³/mol. The van der Waals surface area contributed by atoms with Crippen LogP contribution in [0, 0.1) is 0 Å². The SMILES string of the molecule is [CH3][Ge]1([CH3])[c]2ccccc2N(c2ccc(C=C3C(=O)c4cscc4C3=O)[te]2)c2cccc[c]21. The van der Waals surface area contributed by atoms with E-state index in [2.05, 4.69) is 77.1 Å². The first-order valence-corrected chi connectivity index (χ1v) is 20.0. The van der Waals surface area contributed by atoms with E-state index in [9.17, 15) is 9.59 Å². The fourth-order valence-corrected chi connectivity index (χ4v) is 14.6. The van der Waals surface area contributed by atoms with Crippen LogP contribution in [-0.2, 0) is 0 Å². The van der Waals surface area contributed by atoms with E-state index in [1.165, 1.54) is 35.2 Å². The second kappa shape index (κ2) is 7.43. The summed E-state index contributed by atoms with van der Waals surface area (Å²) in [6.45, 7) is 0. The number of allylic oxidation sites excluding steroid dienone is 1. The van der Waals surface area contributed by atoms with E-state index >= 15 is 0 Å². The van der Waals surface area contributed by atoms with Gasteiger partial charge in [-0.15, -0.1) is 0 Å². The van der Waals surface area contributed by atoms with Crippen molar-refractivity contribution in [2.45, 2.75) is 11.5 Å². The monoisotopic (exact) mass is 613 g/mol. The number of carbonyl (C=O) groups is 2. The average Bonchev–Trinajstić information content (AvgIpc) is 3.51. The first kappa shape index (κ1) is 20.4. The van der Waals surface area contributed by atoms with Crippen molar-refractivity contribution in [1.82, 2.24) is 0 Å². The molecule has 1 aliphatic heterocycles. The Labute approximate surface area is 203 Å². The van der Waals surface area contributed by atoms with Gasteiger partial charge in [0.25, 0.3) is 0 Å². The van der Waals surface area contributed by atoms with Crippen LogP contribution in [-0.4, -0.2) is 45.3 Å². The summed E-state index contributed by atoms with van der Waals surface area (Å²) in [5.41, 5.74) is 4.04. The van der Waals surface area contributed by atoms with Crippen molar-refractivity contribution in [3.63, 3.8) is 0 Å². The Morgan fingerprint density at radius 2 is 1.38 bits per heavy atom. The first-order valence-electron chi connectivity index (χ1n) is 10.4. The van der Waals surface area contributed by atoms with Gasteiger partial charge >= 0.3 is 204 Å². The van der Waals surface area contributed by atoms with E-state index in [0.29, 0.717) is 16.7 Å². The molecule has 0 atom stereocenters. The topological polar surface area (TPSA) is 37.4 Å². The van der Waals surface area contributed by atoms with E-state index in [4.69, 9.17) is 0 Å². The maximum atomic E-state index is 12.7. The van der Waals surface area contributed by atoms with Crippen molar-refractivity contribution in [1.29, 1.82) is 0 Å². The number of hydrogen-bond donors (Lipinski definition) is 0. The van der Waals surface area contributed by atoms with Gasteiger partial charge in [-0.1, -0.05) is 0 Å². The van der Waals surface area contributed by atoms with Gasteiger partial charge in [-0.25, -0.2) is 0 Å². The summed E-state index contributed by atoms with van der Waals surface area (Å²) in [6, 6.07) is 21.9. The van der Waals surface area contributed by atoms with Crippen LogP contribution in [0.5, 0.6) is 0 Å². The van der Waals surface area contributed by atoms with Crippen molar-refractivity contribution < 1.29 is 9.59 Å². The Balaban J connectivity index is 1.46. The molecule has 0 saturated heterocycles. The van der Waals surface area contributed by atoms with E-state index in [-0.39, 0.29) is 11.6 Å². The average molecular weight is 610 g/mol. The molecule has 0 unspecified atom stereocenters. The van der Waals surface area contributed by atoms with Crippen LogP contribution >= 0.6 is 11.3 Å². The summed E-state index contributed by atoms with van der Waals surface area (Å²) in [4.78, 5) is 27.9. The van der Waals surface area contributed by atoms with Gasteiger partial charge in [0.05, 0.1) is 0 Å². The number of thiophene rings is 1. The second-order valence-electron chi connectivity index (χ2n) is 8.59. The molecule has 0 amide bonds. The van der Waals surface area contributed by atoms with Crippen LogP contribution in [0.3, 0.4) is 0 Å². The number of anilines is 3. The zero-order valence-corrected chi connectivity index (χ0v) is 22.8. The van der Waals surface area contributed by atoms with Crippen molar-refractivity contribution in [2.24, 2.45) is 0 Å². The van der Waals surface area contributed by atoms with Gasteiger partial charge in [0, 0.05) is 0 Å². The van der Waals surface area contributed by atoms with Crippen molar-refractivity contribution >= 4 is 86.5 Å². The molecule has 156 valence electrons. The van der Waals surface area contributed by atoms with Gasteiger partial charge in [0.15, 0.2) is 0 Å². The van der Waals surface area contributed by atoms with Crippen LogP contribution in [0.2, 0.25) is 11.5 Å². The fraction of sp³-hybridized carbons (Fsp3) is 0.0769. The molecule has 4 aromatic rings. The molecule has 0 spiro atoms. The fourth-order valence-electron chi connectivity index (χ4n) is 4.76. The number of para-hydroxylation sites is 2. The molecular weight excluding hydrogens is 591 g/mol. The number of Topliss-reactive ketones (excluding diaryl/α,β-unsaturated/α-hetero) is 2. The number of hydrogen-bond acceptors (Lipinski definition) is 4. The molecule has 3 heterocycles. The second-order valence-corrected chi connectivity index (χ2v) is 21.5. The Bertz CT molecular complexity index is 1380. The molecule has 6 rings (SSSR count). The van der Waals surface area contributed by atoms with Gasteiger partial charge in [-0.05, 0) is 0 Å². The minimum atomic E-state index is -2.39. The molecule has 1 aliphatic carbocycles. The first-order chi connectivity index (χ1) is 15.5. The van der Waals surface area contributed by atoms with Gasteiger partial charge < -0.3 is 0 Å². The molecule has 0 bridgehead atoms. The Hall–Kier alpha value is -2.17. The third-order valence-corrected chi connectivity index (χ3v) is 17.5. The molecule has 2 aromatic carbocycles. The number of fused-ring (bicyclic) bond motifs is 3. The third kappa shape index (κ3) is 2.92. The number of carbonyl (C=O) groups excluding carboxylic acids is 2. The molecule has 0 N–H and O–H groups in total. The molecule has 0 saturated carbocycles. The standard InChI is InChI=1S/C26H19GeNO2STe/c1-27(2)20-7-3-5-9-22(20)28(23-10-6-4-8-21(23)27)24-12-11-16(32-24)13-17-25(29)18-14-31-15-19(18)26(17)30/h3-15H,1-2H3. The van der Waals surface area contributed by atoms with Crippen LogP contribution in [0.15, 0.2) is 77.0 Å². The van der Waals surface area contributed by atoms with E-state index in [1.807, 2.05) is 6.08 Å². The molecular formula is C26H19GeNO2STe. The third-order valence-electron chi connectivity index (χ3n) is 6.40. The summed E-state index contributed by atoms with van der Waals surface area (Å²) in [6.07, 6.45) is 1.85. The van der Waals surface area contributed by atoms with Gasteiger partial charge in [0.1, 0.15) is 0 Å². The van der Waals surface area contributed by atoms with Crippen LogP contribution in [0.1, 0.15) is 24.3 Å². The van der Waals surface area contributed by atoms with Gasteiger partial charge in [0.2, 0.25) is 0 Å². The number of ketones is 2. The molecule has 2 aromatic heterocycles. The van der Waals surface area contributed by atoms with Gasteiger partial charge in [-0.3, -0.25) is 0 Å². The number of rotatable bonds is 2. The minimum absolute atomic E-state index is 0.128. The Morgan fingerprint density at radius 3 is 1.97 bits per heavy atom. The summed E-state index contributed by atoms with van der Waals surface area (Å²) in [5, 5.41) is 3.57. The summed E-state index contributed by atoms with van der Waals surface area (Å²) in [7, 11) is 0. The predicted octanol–water partition coefficient (Wildman–Crippen LogP) is 4.87. The maximum absolute atomic E-state index is 12.7. The van der Waals surface area contributed by atoms with Crippen molar-refractivity contribution in [2.75, 3.05) is 4.90 Å². The summed E-state index contributed by atoms with van der Waals surface area (Å²) < 4.78 is 5.41. The Kier molecular flexibility index (Phi) is 4.75. The van der Waals surface area contributed by atoms with Crippen molar-refractivity contribution in [3.8, 4) is 0 Å². The zero-order chi connectivity index (χ0) is 22.0. The molecule has 3 nitrogen and oxygen atoms in total. The van der Waals surface area contributed by atoms with Crippen LogP contribution in [0.4, 0.5) is 15.1 Å². The summed E-state index contributed by atoms with van der Waals surface area (Å²) in [5.74, 6) is 4.69. The number of benzene rings is 2. The number of nitrogens with zero attached hydrogens (tertiary/aromatic N) is 1. The van der Waals surface area contributed by atoms with E-state index in [0.717, 1.165) is 3.58 Å². The molecule has 0 radical (unpaired) electrons. The van der Waals surface area contributed by atoms with Crippen LogP contribution in [0.25, 0.3) is 6.08 Å². The van der Waals surface area contributed by atoms with E-state index in [1.54, 1.807) is 10.8 Å². The van der Waals surface area contributed by atoms with Gasteiger partial charge in [-0.2, -0.15) is 0 Å².